The van der Waals surface area contributed by atoms with Crippen molar-refractivity contribution in [3.05, 3.63) is 40.6 Å². The number of carboxylic acids is 1. The number of anilines is 1. The first-order valence-corrected chi connectivity index (χ1v) is 8.84. The van der Waals surface area contributed by atoms with Crippen LogP contribution in [0.1, 0.15) is 36.7 Å². The van der Waals surface area contributed by atoms with Crippen LogP contribution in [0.2, 0.25) is 0 Å². The minimum absolute atomic E-state index is 0.151. The van der Waals surface area contributed by atoms with E-state index in [-0.39, 0.29) is 16.8 Å². The molecular weight excluding hydrogens is 408 g/mol. The Balaban J connectivity index is 2.19. The normalized spacial score (nSPS) is 10.3. The molecule has 0 radical (unpaired) electrons. The summed E-state index contributed by atoms with van der Waals surface area (Å²) in [5.41, 5.74) is 1.21. The fourth-order valence-corrected chi connectivity index (χ4v) is 2.70. The Morgan fingerprint density at radius 1 is 1.28 bits per heavy atom. The zero-order chi connectivity index (χ0) is 18.4. The van der Waals surface area contributed by atoms with Crippen LogP contribution in [0.15, 0.2) is 39.2 Å². The minimum atomic E-state index is -1.14. The number of unbranched alkanes of at least 4 members (excludes halogenated alkanes) is 1. The van der Waals surface area contributed by atoms with Gasteiger partial charge in [0.1, 0.15) is 5.76 Å². The van der Waals surface area contributed by atoms with Crippen LogP contribution in [-0.4, -0.2) is 22.1 Å². The monoisotopic (exact) mass is 424 g/mol. The van der Waals surface area contributed by atoms with Crippen molar-refractivity contribution in [1.82, 2.24) is 5.32 Å². The molecule has 8 heteroatoms. The number of aromatic carboxylic acids is 1. The Kier molecular flexibility index (Phi) is 6.72. The van der Waals surface area contributed by atoms with Crippen molar-refractivity contribution in [1.29, 1.82) is 0 Å². The molecule has 0 saturated carbocycles. The number of rotatable bonds is 6. The molecule has 1 heterocycles. The van der Waals surface area contributed by atoms with Gasteiger partial charge >= 0.3 is 5.97 Å². The van der Waals surface area contributed by atoms with Gasteiger partial charge in [0.15, 0.2) is 5.11 Å². The third-order valence-corrected chi connectivity index (χ3v) is 4.02. The first-order chi connectivity index (χ1) is 11.9. The number of amides is 1. The van der Waals surface area contributed by atoms with Gasteiger partial charge < -0.3 is 20.2 Å². The van der Waals surface area contributed by atoms with E-state index in [2.05, 4.69) is 26.6 Å². The zero-order valence-electron chi connectivity index (χ0n) is 13.5. The molecule has 0 unspecified atom stereocenters. The molecule has 0 saturated heterocycles. The molecule has 0 fully saturated rings. The highest BCUT2D eigenvalue weighted by Crippen LogP contribution is 2.32. The van der Waals surface area contributed by atoms with Crippen LogP contribution in [-0.2, 0) is 4.79 Å². The smallest absolute Gasteiger partial charge is 0.371 e. The Morgan fingerprint density at radius 2 is 2.04 bits per heavy atom. The first-order valence-electron chi connectivity index (χ1n) is 7.64. The van der Waals surface area contributed by atoms with Crippen molar-refractivity contribution in [3.63, 3.8) is 0 Å². The van der Waals surface area contributed by atoms with Crippen molar-refractivity contribution >= 4 is 50.8 Å². The third kappa shape index (κ3) is 5.40. The summed E-state index contributed by atoms with van der Waals surface area (Å²) in [7, 11) is 0. The van der Waals surface area contributed by atoms with Crippen molar-refractivity contribution < 1.29 is 19.1 Å². The van der Waals surface area contributed by atoms with E-state index in [1.807, 2.05) is 6.92 Å². The van der Waals surface area contributed by atoms with Gasteiger partial charge in [-0.3, -0.25) is 4.79 Å². The first kappa shape index (κ1) is 19.1. The fraction of sp³-hybridized carbons (Fsp3) is 0.235. The van der Waals surface area contributed by atoms with E-state index >= 15 is 0 Å². The van der Waals surface area contributed by atoms with E-state index in [0.717, 1.165) is 17.3 Å². The number of halogens is 1. The second-order valence-corrected chi connectivity index (χ2v) is 6.59. The summed E-state index contributed by atoms with van der Waals surface area (Å²) in [4.78, 5) is 22.8. The van der Waals surface area contributed by atoms with E-state index in [9.17, 15) is 9.59 Å². The number of carbonyl (C=O) groups is 2. The fourth-order valence-electron chi connectivity index (χ4n) is 2.11. The summed E-state index contributed by atoms with van der Waals surface area (Å²) in [5.74, 6) is -1.06. The summed E-state index contributed by atoms with van der Waals surface area (Å²) >= 11 is 8.56. The molecule has 3 N–H and O–H groups in total. The number of furan rings is 1. The Labute approximate surface area is 158 Å². The highest BCUT2D eigenvalue weighted by Gasteiger charge is 2.15. The maximum absolute atomic E-state index is 11.8. The average molecular weight is 425 g/mol. The van der Waals surface area contributed by atoms with Crippen LogP contribution < -0.4 is 10.6 Å². The molecule has 0 aliphatic carbocycles. The summed E-state index contributed by atoms with van der Waals surface area (Å²) in [6, 6.07) is 8.28. The molecule has 1 aromatic heterocycles. The lowest BCUT2D eigenvalue weighted by molar-refractivity contribution is -0.119. The van der Waals surface area contributed by atoms with Crippen molar-refractivity contribution in [2.75, 3.05) is 5.32 Å². The highest BCUT2D eigenvalue weighted by atomic mass is 79.9. The number of thiocarbonyl (C=S) groups is 1. The molecule has 6 nitrogen and oxygen atoms in total. The average Bonchev–Trinajstić information content (AvgIpc) is 3.03. The van der Waals surface area contributed by atoms with Crippen LogP contribution in [0.25, 0.3) is 11.3 Å². The van der Waals surface area contributed by atoms with Gasteiger partial charge in [-0.15, -0.1) is 0 Å². The van der Waals surface area contributed by atoms with E-state index < -0.39 is 5.97 Å². The number of benzene rings is 1. The number of hydrogen-bond donors (Lipinski definition) is 3. The molecule has 0 atom stereocenters. The number of hydrogen-bond acceptors (Lipinski definition) is 4. The number of carbonyl (C=O) groups excluding carboxylic acids is 1. The lowest BCUT2D eigenvalue weighted by Gasteiger charge is -2.13. The van der Waals surface area contributed by atoms with Crippen molar-refractivity contribution in [2.24, 2.45) is 0 Å². The van der Waals surface area contributed by atoms with Crippen LogP contribution >= 0.6 is 28.1 Å². The van der Waals surface area contributed by atoms with Gasteiger partial charge in [-0.05, 0) is 49.0 Å². The molecule has 1 aromatic carbocycles. The van der Waals surface area contributed by atoms with Gasteiger partial charge in [0.25, 0.3) is 0 Å². The Hall–Kier alpha value is -2.19. The molecule has 0 bridgehead atoms. The molecule has 2 rings (SSSR count). The van der Waals surface area contributed by atoms with Gasteiger partial charge in [-0.1, -0.05) is 29.3 Å². The van der Waals surface area contributed by atoms with E-state index in [0.29, 0.717) is 23.4 Å². The van der Waals surface area contributed by atoms with Crippen LogP contribution in [0.5, 0.6) is 0 Å². The molecule has 25 heavy (non-hydrogen) atoms. The minimum Gasteiger partial charge on any atom is -0.475 e. The molecule has 0 aliphatic rings. The predicted molar refractivity (Wildman–Crippen MR) is 103 cm³/mol. The molecule has 0 spiro atoms. The van der Waals surface area contributed by atoms with Gasteiger partial charge in [-0.2, -0.15) is 0 Å². The van der Waals surface area contributed by atoms with Crippen molar-refractivity contribution in [3.8, 4) is 11.3 Å². The summed E-state index contributed by atoms with van der Waals surface area (Å²) in [6.45, 7) is 2.01. The number of carboxylic acid groups (broad SMARTS) is 1. The van der Waals surface area contributed by atoms with Gasteiger partial charge in [0.05, 0.1) is 5.69 Å². The molecule has 0 aliphatic heterocycles. The SMILES string of the molecule is CCCCC(=O)NC(=S)Nc1cc(Br)ccc1-c1ccc(C(=O)O)o1. The van der Waals surface area contributed by atoms with Gasteiger partial charge in [0, 0.05) is 16.5 Å². The summed E-state index contributed by atoms with van der Waals surface area (Å²) < 4.78 is 6.14. The Morgan fingerprint density at radius 3 is 2.68 bits per heavy atom. The maximum atomic E-state index is 11.8. The lowest BCUT2D eigenvalue weighted by Crippen LogP contribution is -2.34. The van der Waals surface area contributed by atoms with E-state index in [1.54, 1.807) is 24.3 Å². The topological polar surface area (TPSA) is 91.6 Å². The van der Waals surface area contributed by atoms with Gasteiger partial charge in [-0.25, -0.2) is 4.79 Å². The second kappa shape index (κ2) is 8.77. The Bertz CT molecular complexity index is 804. The molecule has 2 aromatic rings. The summed E-state index contributed by atoms with van der Waals surface area (Å²) in [6.07, 6.45) is 2.12. The second-order valence-electron chi connectivity index (χ2n) is 5.26. The van der Waals surface area contributed by atoms with Crippen molar-refractivity contribution in [2.45, 2.75) is 26.2 Å². The zero-order valence-corrected chi connectivity index (χ0v) is 15.9. The van der Waals surface area contributed by atoms with Gasteiger partial charge in [0.2, 0.25) is 11.7 Å². The van der Waals surface area contributed by atoms with Crippen LogP contribution in [0, 0.1) is 0 Å². The summed E-state index contributed by atoms with van der Waals surface area (Å²) in [5, 5.41) is 14.7. The number of nitrogens with one attached hydrogen (secondary N) is 2. The standard InChI is InChI=1S/C17H17BrN2O4S/c1-2-3-4-15(21)20-17(25)19-12-9-10(18)5-6-11(12)13-7-8-14(24-13)16(22)23/h5-9H,2-4H2,1H3,(H,22,23)(H2,19,20,21,25). The van der Waals surface area contributed by atoms with Crippen LogP contribution in [0.3, 0.4) is 0 Å². The lowest BCUT2D eigenvalue weighted by atomic mass is 10.1. The molecular formula is C17H17BrN2O4S. The maximum Gasteiger partial charge on any atom is 0.371 e. The van der Waals surface area contributed by atoms with Crippen LogP contribution in [0.4, 0.5) is 5.69 Å². The largest absolute Gasteiger partial charge is 0.475 e. The molecule has 1 amide bonds. The van der Waals surface area contributed by atoms with E-state index in [1.165, 1.54) is 6.07 Å². The third-order valence-electron chi connectivity index (χ3n) is 3.32. The van der Waals surface area contributed by atoms with E-state index in [4.69, 9.17) is 21.7 Å². The quantitative estimate of drug-likeness (QED) is 0.594. The predicted octanol–water partition coefficient (Wildman–Crippen LogP) is 4.41. The molecule has 132 valence electrons. The highest BCUT2D eigenvalue weighted by molar-refractivity contribution is 9.10.